The van der Waals surface area contributed by atoms with Crippen molar-refractivity contribution in [2.45, 2.75) is 84.5 Å². The molecule has 0 aromatic carbocycles. The first-order valence-electron chi connectivity index (χ1n) is 8.55. The number of hydrogen-bond acceptors (Lipinski definition) is 5. The predicted molar refractivity (Wildman–Crippen MR) is 87.1 cm³/mol. The average Bonchev–Trinajstić information content (AvgIpc) is 2.80. The Bertz CT molecular complexity index is 532. The molecule has 6 nitrogen and oxygen atoms in total. The molecule has 1 aromatic rings. The van der Waals surface area contributed by atoms with E-state index >= 15 is 0 Å². The van der Waals surface area contributed by atoms with Crippen LogP contribution in [0.25, 0.3) is 0 Å². The molecule has 1 aromatic heterocycles. The van der Waals surface area contributed by atoms with E-state index in [1.807, 2.05) is 18.5 Å². The summed E-state index contributed by atoms with van der Waals surface area (Å²) in [5.74, 6) is -0.327. The summed E-state index contributed by atoms with van der Waals surface area (Å²) in [6, 6.07) is 0. The van der Waals surface area contributed by atoms with E-state index in [0.717, 1.165) is 43.5 Å². The smallest absolute Gasteiger partial charge is 0.332 e. The van der Waals surface area contributed by atoms with Gasteiger partial charge in [-0.2, -0.15) is 0 Å². The molecule has 6 heteroatoms. The van der Waals surface area contributed by atoms with Gasteiger partial charge in [0, 0.05) is 0 Å². The Hall–Kier alpha value is -1.43. The number of rotatable bonds is 4. The molecule has 0 amide bonds. The first-order valence-corrected chi connectivity index (χ1v) is 8.55. The molecule has 2 rings (SSSR count). The van der Waals surface area contributed by atoms with Crippen LogP contribution in [0.15, 0.2) is 0 Å². The van der Waals surface area contributed by atoms with Crippen molar-refractivity contribution in [2.24, 2.45) is 0 Å². The van der Waals surface area contributed by atoms with E-state index in [4.69, 9.17) is 9.47 Å². The van der Waals surface area contributed by atoms with Crippen molar-refractivity contribution in [3.8, 4) is 0 Å². The van der Waals surface area contributed by atoms with Crippen LogP contribution in [-0.4, -0.2) is 33.7 Å². The molecule has 0 bridgehead atoms. The van der Waals surface area contributed by atoms with Gasteiger partial charge in [0.1, 0.15) is 18.4 Å². The number of nitrogens with zero attached hydrogens (tertiary/aromatic N) is 3. The van der Waals surface area contributed by atoms with Crippen LogP contribution in [-0.2, 0) is 26.2 Å². The van der Waals surface area contributed by atoms with Gasteiger partial charge in [-0.25, -0.2) is 9.48 Å². The highest BCUT2D eigenvalue weighted by atomic mass is 16.6. The van der Waals surface area contributed by atoms with Gasteiger partial charge in [0.05, 0.1) is 17.3 Å². The Balaban J connectivity index is 2.15. The van der Waals surface area contributed by atoms with Gasteiger partial charge in [-0.3, -0.25) is 0 Å². The van der Waals surface area contributed by atoms with Crippen molar-refractivity contribution in [1.82, 2.24) is 15.0 Å². The maximum Gasteiger partial charge on any atom is 0.332 e. The lowest BCUT2D eigenvalue weighted by Crippen LogP contribution is -2.26. The summed E-state index contributed by atoms with van der Waals surface area (Å²) in [6.45, 7) is 10.00. The van der Waals surface area contributed by atoms with Crippen LogP contribution in [0.5, 0.6) is 0 Å². The molecule has 0 saturated heterocycles. The zero-order valence-electron chi connectivity index (χ0n) is 15.0. The van der Waals surface area contributed by atoms with Gasteiger partial charge < -0.3 is 9.47 Å². The van der Waals surface area contributed by atoms with Crippen LogP contribution in [0.3, 0.4) is 0 Å². The third-order valence-corrected chi connectivity index (χ3v) is 3.88. The first kappa shape index (κ1) is 17.9. The lowest BCUT2D eigenvalue weighted by Gasteiger charge is -2.24. The van der Waals surface area contributed by atoms with E-state index < -0.39 is 0 Å². The standard InChI is InChI=1S/C17H29N3O3/c1-12(2)23-15(21)11-22-14-10-8-6-7-9-13-16(14)18-19-20(13)17(3,4)5/h12,14H,6-11H2,1-5H3. The number of carbonyl (C=O) groups excluding carboxylic acids is 1. The molecule has 1 aliphatic rings. The minimum atomic E-state index is -0.327. The summed E-state index contributed by atoms with van der Waals surface area (Å²) in [6.07, 6.45) is 4.89. The van der Waals surface area contributed by atoms with Crippen molar-refractivity contribution >= 4 is 5.97 Å². The molecule has 23 heavy (non-hydrogen) atoms. The van der Waals surface area contributed by atoms with Crippen molar-refractivity contribution in [1.29, 1.82) is 0 Å². The summed E-state index contributed by atoms with van der Waals surface area (Å²) in [7, 11) is 0. The number of hydrogen-bond donors (Lipinski definition) is 0. The SMILES string of the molecule is CC(C)OC(=O)COC1CCCCCc2c1nnn2C(C)(C)C. The number of aromatic nitrogens is 3. The fraction of sp³-hybridized carbons (Fsp3) is 0.824. The van der Waals surface area contributed by atoms with Gasteiger partial charge in [0.15, 0.2) is 0 Å². The third kappa shape index (κ3) is 4.77. The van der Waals surface area contributed by atoms with E-state index in [2.05, 4.69) is 31.1 Å². The van der Waals surface area contributed by atoms with Crippen LogP contribution in [0.4, 0.5) is 0 Å². The van der Waals surface area contributed by atoms with E-state index in [1.54, 1.807) is 0 Å². The molecule has 130 valence electrons. The molecule has 0 fully saturated rings. The molecule has 0 N–H and O–H groups in total. The van der Waals surface area contributed by atoms with E-state index in [1.165, 1.54) is 0 Å². The largest absolute Gasteiger partial charge is 0.461 e. The van der Waals surface area contributed by atoms with Gasteiger partial charge in [-0.15, -0.1) is 5.10 Å². The molecule has 0 spiro atoms. The Morgan fingerprint density at radius 2 is 2.04 bits per heavy atom. The van der Waals surface area contributed by atoms with Gasteiger partial charge in [0.2, 0.25) is 0 Å². The normalized spacial score (nSPS) is 19.1. The molecule has 1 unspecified atom stereocenters. The molecule has 0 radical (unpaired) electrons. The first-order chi connectivity index (χ1) is 10.8. The fourth-order valence-corrected chi connectivity index (χ4v) is 2.90. The van der Waals surface area contributed by atoms with Gasteiger partial charge in [-0.1, -0.05) is 18.1 Å². The van der Waals surface area contributed by atoms with E-state index in [-0.39, 0.29) is 30.3 Å². The number of fused-ring (bicyclic) bond motifs is 1. The highest BCUT2D eigenvalue weighted by Gasteiger charge is 2.28. The molecule has 0 saturated carbocycles. The predicted octanol–water partition coefficient (Wildman–Crippen LogP) is 3.16. The zero-order valence-corrected chi connectivity index (χ0v) is 15.0. The zero-order chi connectivity index (χ0) is 17.0. The summed E-state index contributed by atoms with van der Waals surface area (Å²) in [5.41, 5.74) is 1.91. The van der Waals surface area contributed by atoms with Crippen LogP contribution >= 0.6 is 0 Å². The van der Waals surface area contributed by atoms with Gasteiger partial charge in [0.25, 0.3) is 0 Å². The molecule has 1 atom stereocenters. The second-order valence-electron chi connectivity index (χ2n) is 7.44. The number of esters is 1. The van der Waals surface area contributed by atoms with Crippen LogP contribution in [0.2, 0.25) is 0 Å². The molecule has 0 aliphatic heterocycles. The lowest BCUT2D eigenvalue weighted by atomic mass is 9.97. The van der Waals surface area contributed by atoms with Gasteiger partial charge >= 0.3 is 5.97 Å². The topological polar surface area (TPSA) is 66.2 Å². The molecular weight excluding hydrogens is 294 g/mol. The Labute approximate surface area is 138 Å². The summed E-state index contributed by atoms with van der Waals surface area (Å²) < 4.78 is 13.0. The number of carbonyl (C=O) groups is 1. The summed E-state index contributed by atoms with van der Waals surface area (Å²) in [4.78, 5) is 11.7. The monoisotopic (exact) mass is 323 g/mol. The van der Waals surface area contributed by atoms with Crippen molar-refractivity contribution in [3.63, 3.8) is 0 Å². The maximum absolute atomic E-state index is 11.7. The number of ether oxygens (including phenoxy) is 2. The molecular formula is C17H29N3O3. The highest BCUT2D eigenvalue weighted by Crippen LogP contribution is 2.31. The molecule has 1 aliphatic carbocycles. The summed E-state index contributed by atoms with van der Waals surface area (Å²) in [5, 5.41) is 8.73. The Morgan fingerprint density at radius 1 is 1.30 bits per heavy atom. The Kier molecular flexibility index (Phi) is 5.79. The second-order valence-corrected chi connectivity index (χ2v) is 7.44. The quantitative estimate of drug-likeness (QED) is 0.796. The minimum absolute atomic E-state index is 0.0370. The third-order valence-electron chi connectivity index (χ3n) is 3.88. The van der Waals surface area contributed by atoms with E-state index in [0.29, 0.717) is 0 Å². The van der Waals surface area contributed by atoms with Crippen LogP contribution in [0, 0.1) is 0 Å². The second kappa shape index (κ2) is 7.43. The Morgan fingerprint density at radius 3 is 2.70 bits per heavy atom. The maximum atomic E-state index is 11.7. The van der Waals surface area contributed by atoms with Crippen LogP contribution in [0.1, 0.15) is 77.8 Å². The van der Waals surface area contributed by atoms with Crippen LogP contribution < -0.4 is 0 Å². The fourth-order valence-electron chi connectivity index (χ4n) is 2.90. The lowest BCUT2D eigenvalue weighted by molar-refractivity contribution is -0.155. The minimum Gasteiger partial charge on any atom is -0.461 e. The van der Waals surface area contributed by atoms with Crippen molar-refractivity contribution in [3.05, 3.63) is 11.4 Å². The average molecular weight is 323 g/mol. The molecule has 1 heterocycles. The highest BCUT2D eigenvalue weighted by molar-refractivity contribution is 5.70. The summed E-state index contributed by atoms with van der Waals surface area (Å²) >= 11 is 0. The van der Waals surface area contributed by atoms with E-state index in [9.17, 15) is 4.79 Å². The van der Waals surface area contributed by atoms with Crippen molar-refractivity contribution in [2.75, 3.05) is 6.61 Å². The van der Waals surface area contributed by atoms with Gasteiger partial charge in [-0.05, 0) is 53.9 Å². The van der Waals surface area contributed by atoms with Crippen molar-refractivity contribution < 1.29 is 14.3 Å².